The van der Waals surface area contributed by atoms with Crippen molar-refractivity contribution >= 4 is 5.82 Å². The van der Waals surface area contributed by atoms with Crippen molar-refractivity contribution < 1.29 is 4.74 Å². The Hall–Kier alpha value is -1.36. The highest BCUT2D eigenvalue weighted by molar-refractivity contribution is 5.33. The number of anilines is 1. The quantitative estimate of drug-likeness (QED) is 0.860. The van der Waals surface area contributed by atoms with Gasteiger partial charge in [0.15, 0.2) is 5.82 Å². The van der Waals surface area contributed by atoms with E-state index in [2.05, 4.69) is 10.3 Å². The van der Waals surface area contributed by atoms with Crippen molar-refractivity contribution in [2.45, 2.75) is 50.8 Å². The van der Waals surface area contributed by atoms with Crippen LogP contribution in [0.15, 0.2) is 17.2 Å². The van der Waals surface area contributed by atoms with Gasteiger partial charge < -0.3 is 14.6 Å². The molecule has 5 heteroatoms. The molecule has 0 aliphatic heterocycles. The van der Waals surface area contributed by atoms with E-state index < -0.39 is 0 Å². The van der Waals surface area contributed by atoms with Crippen LogP contribution in [-0.2, 0) is 4.74 Å². The summed E-state index contributed by atoms with van der Waals surface area (Å²) in [5.74, 6) is 0.490. The second-order valence-electron chi connectivity index (χ2n) is 5.11. The van der Waals surface area contributed by atoms with E-state index in [0.717, 1.165) is 32.3 Å². The maximum Gasteiger partial charge on any atom is 0.293 e. The molecule has 5 nitrogen and oxygen atoms in total. The Morgan fingerprint density at radius 1 is 1.50 bits per heavy atom. The van der Waals surface area contributed by atoms with Gasteiger partial charge >= 0.3 is 0 Å². The lowest BCUT2D eigenvalue weighted by molar-refractivity contribution is 0.00289. The summed E-state index contributed by atoms with van der Waals surface area (Å²) in [6.45, 7) is 2.77. The van der Waals surface area contributed by atoms with Gasteiger partial charge in [0, 0.05) is 31.1 Å². The first kappa shape index (κ1) is 11.7. The van der Waals surface area contributed by atoms with Crippen molar-refractivity contribution in [3.8, 4) is 0 Å². The summed E-state index contributed by atoms with van der Waals surface area (Å²) in [5, 5.41) is 3.23. The average molecular weight is 249 g/mol. The normalized spacial score (nSPS) is 26.7. The molecule has 0 saturated heterocycles. The fourth-order valence-electron chi connectivity index (χ4n) is 2.41. The molecular weight excluding hydrogens is 230 g/mol. The number of hydrogen-bond acceptors (Lipinski definition) is 4. The monoisotopic (exact) mass is 249 g/mol. The topological polar surface area (TPSA) is 56.1 Å². The van der Waals surface area contributed by atoms with Crippen LogP contribution in [0.25, 0.3) is 0 Å². The molecule has 2 saturated carbocycles. The fourth-order valence-corrected chi connectivity index (χ4v) is 2.41. The van der Waals surface area contributed by atoms with Gasteiger partial charge in [0.25, 0.3) is 5.56 Å². The minimum atomic E-state index is 0.0138. The third kappa shape index (κ3) is 2.27. The molecule has 0 radical (unpaired) electrons. The second kappa shape index (κ2) is 4.72. The number of ether oxygens (including phenoxy) is 1. The summed E-state index contributed by atoms with van der Waals surface area (Å²) >= 11 is 0. The number of rotatable bonds is 5. The number of hydrogen-bond donors (Lipinski definition) is 1. The number of nitrogens with one attached hydrogen (secondary N) is 1. The number of aromatic nitrogens is 2. The highest BCUT2D eigenvalue weighted by Gasteiger charge is 2.31. The summed E-state index contributed by atoms with van der Waals surface area (Å²) < 4.78 is 7.30. The summed E-state index contributed by atoms with van der Waals surface area (Å²) in [7, 11) is 0. The van der Waals surface area contributed by atoms with Crippen LogP contribution in [0.1, 0.15) is 38.6 Å². The largest absolute Gasteiger partial charge is 0.378 e. The third-order valence-electron chi connectivity index (χ3n) is 3.65. The maximum atomic E-state index is 12.1. The smallest absolute Gasteiger partial charge is 0.293 e. The lowest BCUT2D eigenvalue weighted by Crippen LogP contribution is -2.42. The van der Waals surface area contributed by atoms with Gasteiger partial charge in [-0.25, -0.2) is 4.98 Å². The first-order valence-electron chi connectivity index (χ1n) is 6.73. The predicted molar refractivity (Wildman–Crippen MR) is 68.8 cm³/mol. The second-order valence-corrected chi connectivity index (χ2v) is 5.11. The van der Waals surface area contributed by atoms with E-state index in [1.807, 2.05) is 6.92 Å². The van der Waals surface area contributed by atoms with E-state index in [9.17, 15) is 4.79 Å². The molecule has 0 atom stereocenters. The standard InChI is InChI=1S/C13H19N3O2/c1-2-18-11-7-9(8-11)15-12-13(17)16(6-5-14-12)10-3-4-10/h5-6,9-11H,2-4,7-8H2,1H3,(H,14,15). The molecule has 1 N–H and O–H groups in total. The van der Waals surface area contributed by atoms with Crippen molar-refractivity contribution in [2.24, 2.45) is 0 Å². The first-order chi connectivity index (χ1) is 8.78. The van der Waals surface area contributed by atoms with Crippen molar-refractivity contribution in [2.75, 3.05) is 11.9 Å². The molecule has 2 aliphatic rings. The van der Waals surface area contributed by atoms with Crippen molar-refractivity contribution in [1.82, 2.24) is 9.55 Å². The van der Waals surface area contributed by atoms with Crippen molar-refractivity contribution in [3.05, 3.63) is 22.7 Å². The van der Waals surface area contributed by atoms with Gasteiger partial charge in [-0.1, -0.05) is 0 Å². The van der Waals surface area contributed by atoms with Gasteiger partial charge in [-0.3, -0.25) is 4.79 Å². The minimum absolute atomic E-state index is 0.0138. The van der Waals surface area contributed by atoms with Crippen LogP contribution in [0.3, 0.4) is 0 Å². The molecule has 1 heterocycles. The highest BCUT2D eigenvalue weighted by atomic mass is 16.5. The summed E-state index contributed by atoms with van der Waals surface area (Å²) in [5.41, 5.74) is 0.0138. The molecule has 18 heavy (non-hydrogen) atoms. The zero-order valence-corrected chi connectivity index (χ0v) is 10.6. The van der Waals surface area contributed by atoms with E-state index in [4.69, 9.17) is 4.74 Å². The lowest BCUT2D eigenvalue weighted by atomic mass is 9.89. The molecule has 0 bridgehead atoms. The van der Waals surface area contributed by atoms with Crippen LogP contribution in [0.2, 0.25) is 0 Å². The molecule has 0 amide bonds. The van der Waals surface area contributed by atoms with Gasteiger partial charge in [-0.05, 0) is 32.6 Å². The zero-order chi connectivity index (χ0) is 12.5. The van der Waals surface area contributed by atoms with E-state index in [-0.39, 0.29) is 5.56 Å². The molecular formula is C13H19N3O2. The molecule has 98 valence electrons. The van der Waals surface area contributed by atoms with E-state index in [1.54, 1.807) is 17.0 Å². The Balaban J connectivity index is 1.63. The molecule has 2 fully saturated rings. The molecule has 0 unspecified atom stereocenters. The van der Waals surface area contributed by atoms with E-state index in [1.165, 1.54) is 0 Å². The van der Waals surface area contributed by atoms with E-state index in [0.29, 0.717) is 24.0 Å². The molecule has 0 spiro atoms. The summed E-state index contributed by atoms with van der Waals surface area (Å²) in [6.07, 6.45) is 8.00. The van der Waals surface area contributed by atoms with Crippen LogP contribution in [0.5, 0.6) is 0 Å². The molecule has 3 rings (SSSR count). The van der Waals surface area contributed by atoms with Crippen LogP contribution >= 0.6 is 0 Å². The highest BCUT2D eigenvalue weighted by Crippen LogP contribution is 2.33. The molecule has 1 aromatic heterocycles. The average Bonchev–Trinajstić information content (AvgIpc) is 3.13. The van der Waals surface area contributed by atoms with Gasteiger partial charge in [0.2, 0.25) is 0 Å². The first-order valence-corrected chi connectivity index (χ1v) is 6.73. The Morgan fingerprint density at radius 3 is 2.94 bits per heavy atom. The Kier molecular flexibility index (Phi) is 3.07. The Morgan fingerprint density at radius 2 is 2.28 bits per heavy atom. The zero-order valence-electron chi connectivity index (χ0n) is 10.6. The predicted octanol–water partition coefficient (Wildman–Crippen LogP) is 1.56. The van der Waals surface area contributed by atoms with Crippen molar-refractivity contribution in [3.63, 3.8) is 0 Å². The van der Waals surface area contributed by atoms with Gasteiger partial charge in [0.05, 0.1) is 6.10 Å². The molecule has 0 aromatic carbocycles. The van der Waals surface area contributed by atoms with Crippen LogP contribution in [0.4, 0.5) is 5.82 Å². The fraction of sp³-hybridized carbons (Fsp3) is 0.692. The van der Waals surface area contributed by atoms with Gasteiger partial charge in [-0.15, -0.1) is 0 Å². The summed E-state index contributed by atoms with van der Waals surface area (Å²) in [4.78, 5) is 16.3. The van der Waals surface area contributed by atoms with Gasteiger partial charge in [0.1, 0.15) is 0 Å². The van der Waals surface area contributed by atoms with Crippen LogP contribution in [-0.4, -0.2) is 28.3 Å². The van der Waals surface area contributed by atoms with Gasteiger partial charge in [-0.2, -0.15) is 0 Å². The Bertz CT molecular complexity index is 475. The minimum Gasteiger partial charge on any atom is -0.378 e. The van der Waals surface area contributed by atoms with Crippen LogP contribution in [0, 0.1) is 0 Å². The molecule has 2 aliphatic carbocycles. The van der Waals surface area contributed by atoms with Crippen molar-refractivity contribution in [1.29, 1.82) is 0 Å². The maximum absolute atomic E-state index is 12.1. The summed E-state index contributed by atoms with van der Waals surface area (Å²) in [6, 6.07) is 0.732. The van der Waals surface area contributed by atoms with Crippen LogP contribution < -0.4 is 10.9 Å². The lowest BCUT2D eigenvalue weighted by Gasteiger charge is -2.35. The third-order valence-corrected chi connectivity index (χ3v) is 3.65. The molecule has 1 aromatic rings. The number of nitrogens with zero attached hydrogens (tertiary/aromatic N) is 2. The Labute approximate surface area is 106 Å². The SMILES string of the molecule is CCOC1CC(Nc2nccn(C3CC3)c2=O)C1. The van der Waals surface area contributed by atoms with E-state index >= 15 is 0 Å².